The fourth-order valence-corrected chi connectivity index (χ4v) is 6.01. The summed E-state index contributed by atoms with van der Waals surface area (Å²) in [5.41, 5.74) is 3.41. The van der Waals surface area contributed by atoms with E-state index in [9.17, 15) is 4.79 Å². The zero-order valence-electron chi connectivity index (χ0n) is 18.7. The molecule has 2 bridgehead atoms. The van der Waals surface area contributed by atoms with Gasteiger partial charge in [0.15, 0.2) is 0 Å². The van der Waals surface area contributed by atoms with E-state index in [1.54, 1.807) is 7.11 Å². The zero-order valence-corrected chi connectivity index (χ0v) is 18.7. The fourth-order valence-electron chi connectivity index (χ4n) is 6.01. The van der Waals surface area contributed by atoms with Crippen molar-refractivity contribution in [3.05, 3.63) is 47.3 Å². The van der Waals surface area contributed by atoms with Gasteiger partial charge in [-0.05, 0) is 68.5 Å². The van der Waals surface area contributed by atoms with Crippen LogP contribution < -0.4 is 10.1 Å². The summed E-state index contributed by atoms with van der Waals surface area (Å²) in [7, 11) is 3.76. The van der Waals surface area contributed by atoms with Crippen LogP contribution in [0.4, 0.5) is 0 Å². The summed E-state index contributed by atoms with van der Waals surface area (Å²) in [6.45, 7) is 2.93. The van der Waals surface area contributed by atoms with Crippen LogP contribution in [0.5, 0.6) is 5.75 Å². The Kier molecular flexibility index (Phi) is 5.74. The van der Waals surface area contributed by atoms with Crippen molar-refractivity contribution in [3.8, 4) is 5.75 Å². The minimum atomic E-state index is -0.00492. The van der Waals surface area contributed by atoms with Gasteiger partial charge in [-0.2, -0.15) is 5.10 Å². The first-order valence-corrected chi connectivity index (χ1v) is 11.8. The van der Waals surface area contributed by atoms with E-state index in [0.717, 1.165) is 25.3 Å². The second kappa shape index (κ2) is 8.65. The highest BCUT2D eigenvalue weighted by Gasteiger charge is 2.42. The lowest BCUT2D eigenvalue weighted by Crippen LogP contribution is -2.56. The van der Waals surface area contributed by atoms with E-state index < -0.39 is 0 Å². The van der Waals surface area contributed by atoms with Crippen molar-refractivity contribution in [1.29, 1.82) is 0 Å². The van der Waals surface area contributed by atoms with Crippen LogP contribution in [0.2, 0.25) is 0 Å². The van der Waals surface area contributed by atoms with Crippen LogP contribution in [0.3, 0.4) is 0 Å². The van der Waals surface area contributed by atoms with Crippen molar-refractivity contribution in [2.45, 2.75) is 56.4 Å². The quantitative estimate of drug-likeness (QED) is 0.771. The average molecular weight is 423 g/mol. The molecule has 1 N–H and O–H groups in total. The number of nitrogens with zero attached hydrogens (tertiary/aromatic N) is 3. The summed E-state index contributed by atoms with van der Waals surface area (Å²) in [5.74, 6) is 2.68. The second-order valence-electron chi connectivity index (χ2n) is 9.58. The Morgan fingerprint density at radius 2 is 1.97 bits per heavy atom. The number of aromatic nitrogens is 2. The molecule has 31 heavy (non-hydrogen) atoms. The van der Waals surface area contributed by atoms with Gasteiger partial charge in [0.05, 0.1) is 12.8 Å². The molecule has 0 radical (unpaired) electrons. The Hall–Kier alpha value is -2.34. The molecular formula is C25H34N4O2. The molecule has 4 heterocycles. The highest BCUT2D eigenvalue weighted by atomic mass is 16.5. The van der Waals surface area contributed by atoms with Gasteiger partial charge in [-0.25, -0.2) is 0 Å². The maximum atomic E-state index is 12.6. The minimum Gasteiger partial charge on any atom is -0.497 e. The molecule has 2 aromatic rings. The predicted octanol–water partition coefficient (Wildman–Crippen LogP) is 3.69. The van der Waals surface area contributed by atoms with Gasteiger partial charge in [0.2, 0.25) is 0 Å². The molecule has 166 valence electrons. The first-order chi connectivity index (χ1) is 15.1. The molecule has 6 nitrogen and oxygen atoms in total. The van der Waals surface area contributed by atoms with Crippen LogP contribution in [0, 0.1) is 5.92 Å². The minimum absolute atomic E-state index is 0.00492. The number of aryl methyl sites for hydroxylation is 1. The van der Waals surface area contributed by atoms with Gasteiger partial charge in [-0.1, -0.05) is 12.8 Å². The Labute approximate surface area is 185 Å². The number of rotatable bonds is 6. The molecule has 4 atom stereocenters. The Morgan fingerprint density at radius 1 is 1.19 bits per heavy atom. The van der Waals surface area contributed by atoms with E-state index in [1.807, 2.05) is 24.3 Å². The van der Waals surface area contributed by atoms with E-state index in [0.29, 0.717) is 35.9 Å². The first kappa shape index (κ1) is 20.6. The molecule has 4 fully saturated rings. The summed E-state index contributed by atoms with van der Waals surface area (Å²) in [5, 5.41) is 8.07. The van der Waals surface area contributed by atoms with Crippen molar-refractivity contribution in [2.24, 2.45) is 13.0 Å². The van der Waals surface area contributed by atoms with Crippen molar-refractivity contribution in [2.75, 3.05) is 26.7 Å². The Morgan fingerprint density at radius 3 is 2.65 bits per heavy atom. The number of amides is 1. The van der Waals surface area contributed by atoms with Crippen LogP contribution in [-0.4, -0.2) is 53.4 Å². The second-order valence-corrected chi connectivity index (χ2v) is 9.58. The van der Waals surface area contributed by atoms with Crippen LogP contribution in [-0.2, 0) is 7.05 Å². The van der Waals surface area contributed by atoms with Gasteiger partial charge >= 0.3 is 0 Å². The molecule has 1 aliphatic carbocycles. The van der Waals surface area contributed by atoms with Crippen molar-refractivity contribution in [1.82, 2.24) is 20.0 Å². The summed E-state index contributed by atoms with van der Waals surface area (Å²) in [4.78, 5) is 15.2. The van der Waals surface area contributed by atoms with Crippen LogP contribution in [0.1, 0.15) is 72.1 Å². The van der Waals surface area contributed by atoms with Gasteiger partial charge in [-0.15, -0.1) is 0 Å². The maximum Gasteiger partial charge on any atom is 0.251 e. The van der Waals surface area contributed by atoms with E-state index >= 15 is 0 Å². The first-order valence-electron chi connectivity index (χ1n) is 11.8. The monoisotopic (exact) mass is 422 g/mol. The SMILES string of the molecule is COc1ccc(C(=O)NC[C@H]2C[C@@H]3CCN2C[C@@H]3c2cc(C3CCCC3)nn2C)cc1. The lowest BCUT2D eigenvalue weighted by Gasteiger charge is -2.50. The van der Waals surface area contributed by atoms with Crippen LogP contribution in [0.15, 0.2) is 30.3 Å². The van der Waals surface area contributed by atoms with Gasteiger partial charge in [0, 0.05) is 49.3 Å². The number of carbonyl (C=O) groups is 1. The third kappa shape index (κ3) is 4.10. The molecule has 6 heteroatoms. The number of benzene rings is 1. The summed E-state index contributed by atoms with van der Waals surface area (Å²) < 4.78 is 7.33. The largest absolute Gasteiger partial charge is 0.497 e. The molecule has 3 aliphatic heterocycles. The standard InChI is InChI=1S/C25H34N4O2/c1-28-24(14-23(27-28)17-5-3-4-6-17)22-16-29-12-11-19(22)13-20(29)15-26-25(30)18-7-9-21(31-2)10-8-18/h7-10,14,17,19-20,22H,3-6,11-13,15-16H2,1-2H3,(H,26,30)/t19-,20+,22-/m0/s1. The van der Waals surface area contributed by atoms with E-state index in [2.05, 4.69) is 28.0 Å². The topological polar surface area (TPSA) is 59.4 Å². The third-order valence-corrected chi connectivity index (χ3v) is 7.82. The number of methoxy groups -OCH3 is 1. The van der Waals surface area contributed by atoms with Gasteiger partial charge in [0.25, 0.3) is 5.91 Å². The molecule has 0 spiro atoms. The maximum absolute atomic E-state index is 12.6. The van der Waals surface area contributed by atoms with Gasteiger partial charge in [-0.3, -0.25) is 14.4 Å². The molecule has 1 saturated carbocycles. The van der Waals surface area contributed by atoms with Gasteiger partial charge < -0.3 is 10.1 Å². The zero-order chi connectivity index (χ0) is 21.4. The Bertz CT molecular complexity index is 916. The van der Waals surface area contributed by atoms with E-state index in [4.69, 9.17) is 9.84 Å². The molecule has 6 rings (SSSR count). The van der Waals surface area contributed by atoms with Crippen molar-refractivity contribution in [3.63, 3.8) is 0 Å². The number of nitrogens with one attached hydrogen (secondary N) is 1. The number of ether oxygens (including phenoxy) is 1. The van der Waals surface area contributed by atoms with Gasteiger partial charge in [0.1, 0.15) is 5.75 Å². The van der Waals surface area contributed by atoms with Crippen LogP contribution >= 0.6 is 0 Å². The average Bonchev–Trinajstić information content (AvgIpc) is 3.48. The number of fused-ring (bicyclic) bond motifs is 3. The molecule has 3 saturated heterocycles. The van der Waals surface area contributed by atoms with E-state index in [1.165, 1.54) is 43.5 Å². The normalized spacial score (nSPS) is 28.1. The smallest absolute Gasteiger partial charge is 0.251 e. The van der Waals surface area contributed by atoms with Crippen molar-refractivity contribution >= 4 is 5.91 Å². The predicted molar refractivity (Wildman–Crippen MR) is 121 cm³/mol. The molecular weight excluding hydrogens is 388 g/mol. The highest BCUT2D eigenvalue weighted by Crippen LogP contribution is 2.43. The molecule has 4 aliphatic rings. The summed E-state index contributed by atoms with van der Waals surface area (Å²) in [6, 6.07) is 10.1. The lowest BCUT2D eigenvalue weighted by atomic mass is 9.74. The fraction of sp³-hybridized carbons (Fsp3) is 0.600. The van der Waals surface area contributed by atoms with E-state index in [-0.39, 0.29) is 5.91 Å². The number of hydrogen-bond donors (Lipinski definition) is 1. The third-order valence-electron chi connectivity index (χ3n) is 7.82. The summed E-state index contributed by atoms with van der Waals surface area (Å²) >= 11 is 0. The number of piperidine rings is 3. The Balaban J connectivity index is 1.20. The van der Waals surface area contributed by atoms with Crippen LogP contribution in [0.25, 0.3) is 0 Å². The molecule has 1 aromatic heterocycles. The molecule has 1 unspecified atom stereocenters. The molecule has 1 amide bonds. The van der Waals surface area contributed by atoms with Crippen molar-refractivity contribution < 1.29 is 9.53 Å². The molecule has 1 aromatic carbocycles. The highest BCUT2D eigenvalue weighted by molar-refractivity contribution is 5.94. The number of hydrogen-bond acceptors (Lipinski definition) is 4. The lowest BCUT2D eigenvalue weighted by molar-refractivity contribution is 0.0280. The summed E-state index contributed by atoms with van der Waals surface area (Å²) in [6.07, 6.45) is 7.69. The number of carbonyl (C=O) groups excluding carboxylic acids is 1.